The molecule has 0 aromatic heterocycles. The summed E-state index contributed by atoms with van der Waals surface area (Å²) in [6, 6.07) is 0. The molecule has 14 heavy (non-hydrogen) atoms. The highest BCUT2D eigenvalue weighted by atomic mass is 32.2. The van der Waals surface area contributed by atoms with Crippen LogP contribution in [0.3, 0.4) is 0 Å². The lowest BCUT2D eigenvalue weighted by molar-refractivity contribution is 0.115. The second-order valence-corrected chi connectivity index (χ2v) is 5.37. The maximum absolute atomic E-state index is 11.1. The minimum absolute atomic E-state index is 0.189. The molecule has 1 amide bonds. The second-order valence-electron chi connectivity index (χ2n) is 3.65. The van der Waals surface area contributed by atoms with Crippen molar-refractivity contribution in [2.75, 3.05) is 6.54 Å². The van der Waals surface area contributed by atoms with Crippen LogP contribution < -0.4 is 5.14 Å². The standard InChI is InChI=1S/C7H14N2O4S/c1-5-2-3-9(7(10)11)6(4-5)14(8,12)13/h5-6H,2-4H2,1H3,(H,10,11)(H2,8,12,13). The van der Waals surface area contributed by atoms with Crippen molar-refractivity contribution < 1.29 is 18.3 Å². The summed E-state index contributed by atoms with van der Waals surface area (Å²) in [6.07, 6.45) is -0.264. The SMILES string of the molecule is CC1CCN(C(=O)O)C(S(N)(=O)=O)C1. The molecule has 1 heterocycles. The van der Waals surface area contributed by atoms with E-state index >= 15 is 0 Å². The Labute approximate surface area is 82.7 Å². The molecule has 0 aliphatic carbocycles. The third-order valence-corrected chi connectivity index (χ3v) is 3.64. The van der Waals surface area contributed by atoms with Gasteiger partial charge in [0.2, 0.25) is 10.0 Å². The molecule has 1 rings (SSSR count). The average molecular weight is 222 g/mol. The molecule has 1 aliphatic heterocycles. The van der Waals surface area contributed by atoms with Crippen LogP contribution in [-0.4, -0.2) is 36.4 Å². The Morgan fingerprint density at radius 1 is 1.57 bits per heavy atom. The summed E-state index contributed by atoms with van der Waals surface area (Å²) >= 11 is 0. The van der Waals surface area contributed by atoms with Gasteiger partial charge in [-0.25, -0.2) is 18.4 Å². The van der Waals surface area contributed by atoms with Crippen molar-refractivity contribution >= 4 is 16.1 Å². The second kappa shape index (κ2) is 3.74. The van der Waals surface area contributed by atoms with Gasteiger partial charge in [-0.1, -0.05) is 6.92 Å². The van der Waals surface area contributed by atoms with Gasteiger partial charge < -0.3 is 5.11 Å². The van der Waals surface area contributed by atoms with Gasteiger partial charge in [-0.3, -0.25) is 4.90 Å². The molecule has 0 spiro atoms. The predicted octanol–water partition coefficient (Wildman–Crippen LogP) is 0.0109. The minimum atomic E-state index is -3.81. The van der Waals surface area contributed by atoms with E-state index in [1.165, 1.54) is 0 Å². The van der Waals surface area contributed by atoms with Crippen molar-refractivity contribution in [2.24, 2.45) is 11.1 Å². The number of primary sulfonamides is 1. The number of carbonyl (C=O) groups is 1. The molecule has 0 aromatic carbocycles. The first-order chi connectivity index (χ1) is 6.32. The van der Waals surface area contributed by atoms with Crippen molar-refractivity contribution in [1.29, 1.82) is 0 Å². The molecule has 0 saturated carbocycles. The highest BCUT2D eigenvalue weighted by Crippen LogP contribution is 2.24. The molecule has 6 nitrogen and oxygen atoms in total. The smallest absolute Gasteiger partial charge is 0.408 e. The molecular weight excluding hydrogens is 208 g/mol. The van der Waals surface area contributed by atoms with Crippen molar-refractivity contribution in [2.45, 2.75) is 25.1 Å². The van der Waals surface area contributed by atoms with Crippen LogP contribution in [0.5, 0.6) is 0 Å². The molecule has 0 bridgehead atoms. The molecule has 1 saturated heterocycles. The number of amides is 1. The molecule has 3 N–H and O–H groups in total. The van der Waals surface area contributed by atoms with E-state index in [1.807, 2.05) is 6.92 Å². The predicted molar refractivity (Wildman–Crippen MR) is 50.0 cm³/mol. The fraction of sp³-hybridized carbons (Fsp3) is 0.857. The van der Waals surface area contributed by atoms with E-state index in [4.69, 9.17) is 10.2 Å². The summed E-state index contributed by atoms with van der Waals surface area (Å²) < 4.78 is 22.2. The Morgan fingerprint density at radius 3 is 2.57 bits per heavy atom. The fourth-order valence-corrected chi connectivity index (χ4v) is 2.77. The monoisotopic (exact) mass is 222 g/mol. The van der Waals surface area contributed by atoms with Crippen LogP contribution in [0.25, 0.3) is 0 Å². The highest BCUT2D eigenvalue weighted by Gasteiger charge is 2.36. The van der Waals surface area contributed by atoms with Gasteiger partial charge in [0.05, 0.1) is 0 Å². The van der Waals surface area contributed by atoms with Crippen LogP contribution in [0.15, 0.2) is 0 Å². The van der Waals surface area contributed by atoms with Gasteiger partial charge in [-0.2, -0.15) is 0 Å². The molecule has 2 atom stereocenters. The third kappa shape index (κ3) is 2.36. The Morgan fingerprint density at radius 2 is 2.14 bits per heavy atom. The number of hydrogen-bond acceptors (Lipinski definition) is 3. The first-order valence-corrected chi connectivity index (χ1v) is 5.94. The molecule has 82 valence electrons. The zero-order valence-corrected chi connectivity index (χ0v) is 8.70. The Bertz CT molecular complexity index is 327. The molecular formula is C7H14N2O4S. The molecule has 1 fully saturated rings. The summed E-state index contributed by atoms with van der Waals surface area (Å²) in [7, 11) is -3.81. The van der Waals surface area contributed by atoms with E-state index in [0.29, 0.717) is 6.42 Å². The van der Waals surface area contributed by atoms with E-state index in [1.54, 1.807) is 0 Å². The van der Waals surface area contributed by atoms with Crippen molar-refractivity contribution in [3.05, 3.63) is 0 Å². The lowest BCUT2D eigenvalue weighted by Gasteiger charge is -2.34. The summed E-state index contributed by atoms with van der Waals surface area (Å²) in [4.78, 5) is 11.6. The van der Waals surface area contributed by atoms with Crippen LogP contribution >= 0.6 is 0 Å². The molecule has 7 heteroatoms. The number of piperidine rings is 1. The first-order valence-electron chi connectivity index (χ1n) is 4.33. The van der Waals surface area contributed by atoms with Gasteiger partial charge in [0.25, 0.3) is 0 Å². The summed E-state index contributed by atoms with van der Waals surface area (Å²) in [6.45, 7) is 2.12. The van der Waals surface area contributed by atoms with Gasteiger partial charge in [0, 0.05) is 6.54 Å². The van der Waals surface area contributed by atoms with Crippen LogP contribution in [0.4, 0.5) is 4.79 Å². The van der Waals surface area contributed by atoms with Crippen LogP contribution in [0, 0.1) is 5.92 Å². The lowest BCUT2D eigenvalue weighted by Crippen LogP contribution is -2.51. The largest absolute Gasteiger partial charge is 0.465 e. The number of likely N-dealkylation sites (tertiary alicyclic amines) is 1. The Balaban J connectivity index is 2.90. The third-order valence-electron chi connectivity index (χ3n) is 2.44. The number of hydrogen-bond donors (Lipinski definition) is 2. The number of sulfonamides is 1. The fourth-order valence-electron chi connectivity index (χ4n) is 1.62. The van der Waals surface area contributed by atoms with Gasteiger partial charge in [0.15, 0.2) is 5.37 Å². The molecule has 2 unspecified atom stereocenters. The highest BCUT2D eigenvalue weighted by molar-refractivity contribution is 7.89. The summed E-state index contributed by atoms with van der Waals surface area (Å²) in [5.41, 5.74) is 0. The van der Waals surface area contributed by atoms with E-state index in [2.05, 4.69) is 0 Å². The summed E-state index contributed by atoms with van der Waals surface area (Å²) in [5, 5.41) is 12.7. The number of nitrogens with zero attached hydrogens (tertiary/aromatic N) is 1. The van der Waals surface area contributed by atoms with Gasteiger partial charge in [0.1, 0.15) is 0 Å². The van der Waals surface area contributed by atoms with E-state index in [0.717, 1.165) is 4.90 Å². The van der Waals surface area contributed by atoms with Gasteiger partial charge in [-0.05, 0) is 18.8 Å². The molecule has 1 aliphatic rings. The van der Waals surface area contributed by atoms with E-state index in [-0.39, 0.29) is 18.9 Å². The van der Waals surface area contributed by atoms with Crippen LogP contribution in [-0.2, 0) is 10.0 Å². The van der Waals surface area contributed by atoms with Crippen molar-refractivity contribution in [1.82, 2.24) is 4.90 Å². The van der Waals surface area contributed by atoms with Gasteiger partial charge in [-0.15, -0.1) is 0 Å². The first kappa shape index (κ1) is 11.3. The normalized spacial score (nSPS) is 28.9. The summed E-state index contributed by atoms with van der Waals surface area (Å²) in [5.74, 6) is 0.189. The number of rotatable bonds is 1. The Kier molecular flexibility index (Phi) is 3.01. The maximum atomic E-state index is 11.1. The van der Waals surface area contributed by atoms with Crippen molar-refractivity contribution in [3.8, 4) is 0 Å². The van der Waals surface area contributed by atoms with E-state index in [9.17, 15) is 13.2 Å². The minimum Gasteiger partial charge on any atom is -0.465 e. The van der Waals surface area contributed by atoms with Crippen LogP contribution in [0.2, 0.25) is 0 Å². The Hall–Kier alpha value is -0.820. The quantitative estimate of drug-likeness (QED) is 0.652. The maximum Gasteiger partial charge on any atom is 0.408 e. The number of nitrogens with two attached hydrogens (primary N) is 1. The van der Waals surface area contributed by atoms with Crippen LogP contribution in [0.1, 0.15) is 19.8 Å². The van der Waals surface area contributed by atoms with Crippen molar-refractivity contribution in [3.63, 3.8) is 0 Å². The zero-order chi connectivity index (χ0) is 10.9. The topological polar surface area (TPSA) is 101 Å². The number of carboxylic acid groups (broad SMARTS) is 1. The van der Waals surface area contributed by atoms with Gasteiger partial charge >= 0.3 is 6.09 Å². The van der Waals surface area contributed by atoms with E-state index < -0.39 is 21.5 Å². The average Bonchev–Trinajstić information content (AvgIpc) is 2.01. The molecule has 0 radical (unpaired) electrons. The lowest BCUT2D eigenvalue weighted by atomic mass is 9.99. The zero-order valence-electron chi connectivity index (χ0n) is 7.88. The molecule has 0 aromatic rings.